The van der Waals surface area contributed by atoms with Crippen molar-refractivity contribution in [3.63, 3.8) is 0 Å². The van der Waals surface area contributed by atoms with Crippen molar-refractivity contribution in [1.29, 1.82) is 0 Å². The molecule has 9 heteroatoms. The second-order valence-corrected chi connectivity index (χ2v) is 9.34. The highest BCUT2D eigenvalue weighted by Crippen LogP contribution is 2.23. The highest BCUT2D eigenvalue weighted by Gasteiger charge is 2.33. The third-order valence-electron chi connectivity index (χ3n) is 5.30. The number of ether oxygens (including phenoxy) is 1. The van der Waals surface area contributed by atoms with Crippen molar-refractivity contribution in [2.24, 2.45) is 0 Å². The van der Waals surface area contributed by atoms with E-state index in [0.29, 0.717) is 19.3 Å². The molecule has 1 heterocycles. The lowest BCUT2D eigenvalue weighted by Gasteiger charge is -2.36. The maximum absolute atomic E-state index is 13.7. The predicted octanol–water partition coefficient (Wildman–Crippen LogP) is 2.14. The molecular formula is C22H27FN2O5S. The van der Waals surface area contributed by atoms with Crippen molar-refractivity contribution in [2.75, 3.05) is 13.2 Å². The average Bonchev–Trinajstić information content (AvgIpc) is 2.75. The monoisotopic (exact) mass is 450 g/mol. The smallest absolute Gasteiger partial charge is 0.254 e. The zero-order valence-electron chi connectivity index (χ0n) is 17.3. The largest absolute Gasteiger partial charge is 0.394 e. The molecule has 1 aliphatic heterocycles. The summed E-state index contributed by atoms with van der Waals surface area (Å²) in [5.74, 6) is -1.09. The quantitative estimate of drug-likeness (QED) is 0.572. The number of carbonyl (C=O) groups is 1. The van der Waals surface area contributed by atoms with Gasteiger partial charge in [0, 0.05) is 6.54 Å². The van der Waals surface area contributed by atoms with Gasteiger partial charge in [-0.1, -0.05) is 29.8 Å². The molecule has 3 N–H and O–H groups in total. The molecule has 0 spiro atoms. The van der Waals surface area contributed by atoms with E-state index in [1.165, 1.54) is 30.3 Å². The first-order valence-corrected chi connectivity index (χ1v) is 11.7. The van der Waals surface area contributed by atoms with E-state index in [1.807, 2.05) is 6.92 Å². The Balaban J connectivity index is 1.51. The molecular weight excluding hydrogens is 423 g/mol. The average molecular weight is 451 g/mol. The van der Waals surface area contributed by atoms with Crippen LogP contribution in [0.4, 0.5) is 4.39 Å². The summed E-state index contributed by atoms with van der Waals surface area (Å²) in [7, 11) is -3.73. The van der Waals surface area contributed by atoms with Crippen LogP contribution < -0.4 is 10.0 Å². The van der Waals surface area contributed by atoms with Gasteiger partial charge in [-0.3, -0.25) is 4.79 Å². The minimum absolute atomic E-state index is 0.0223. The zero-order valence-corrected chi connectivity index (χ0v) is 18.1. The highest BCUT2D eigenvalue weighted by molar-refractivity contribution is 7.89. The van der Waals surface area contributed by atoms with E-state index in [-0.39, 0.29) is 29.7 Å². The van der Waals surface area contributed by atoms with Crippen LogP contribution in [-0.4, -0.2) is 50.8 Å². The third kappa shape index (κ3) is 6.10. The lowest BCUT2D eigenvalue weighted by molar-refractivity contribution is -0.0871. The molecule has 0 unspecified atom stereocenters. The maximum atomic E-state index is 13.7. The van der Waals surface area contributed by atoms with Gasteiger partial charge in [-0.2, -0.15) is 0 Å². The number of amides is 1. The van der Waals surface area contributed by atoms with E-state index in [9.17, 15) is 22.7 Å². The number of sulfonamides is 1. The molecule has 2 aromatic carbocycles. The second-order valence-electron chi connectivity index (χ2n) is 7.62. The van der Waals surface area contributed by atoms with Crippen LogP contribution in [0, 0.1) is 12.7 Å². The van der Waals surface area contributed by atoms with Crippen molar-refractivity contribution in [3.8, 4) is 0 Å². The highest BCUT2D eigenvalue weighted by atomic mass is 32.2. The van der Waals surface area contributed by atoms with Crippen LogP contribution in [0.5, 0.6) is 0 Å². The van der Waals surface area contributed by atoms with Crippen molar-refractivity contribution >= 4 is 15.9 Å². The van der Waals surface area contributed by atoms with Crippen LogP contribution in [0.3, 0.4) is 0 Å². The molecule has 1 aliphatic rings. The summed E-state index contributed by atoms with van der Waals surface area (Å²) in [5.41, 5.74) is 0.934. The van der Waals surface area contributed by atoms with E-state index >= 15 is 0 Å². The molecule has 168 valence electrons. The number of hydrogen-bond acceptors (Lipinski definition) is 5. The fourth-order valence-corrected chi connectivity index (χ4v) is 4.85. The predicted molar refractivity (Wildman–Crippen MR) is 114 cm³/mol. The van der Waals surface area contributed by atoms with Gasteiger partial charge in [-0.25, -0.2) is 17.5 Å². The molecule has 7 nitrogen and oxygen atoms in total. The Kier molecular flexibility index (Phi) is 7.77. The minimum atomic E-state index is -3.73. The standard InChI is InChI=1S/C22H27FN2O5S/c1-15-6-9-17(10-7-15)31(28,29)25-20-11-8-16(30-21(20)14-26)12-13-24-22(27)18-4-2-3-5-19(18)23/h2-7,9-10,16,20-21,25-26H,8,11-14H2,1H3,(H,24,27)/t16-,20+,21+/m1/s1. The van der Waals surface area contributed by atoms with Crippen molar-refractivity contribution in [1.82, 2.24) is 10.0 Å². The Morgan fingerprint density at radius 3 is 2.55 bits per heavy atom. The van der Waals surface area contributed by atoms with Gasteiger partial charge in [0.05, 0.1) is 35.3 Å². The van der Waals surface area contributed by atoms with Gasteiger partial charge in [0.1, 0.15) is 5.82 Å². The normalized spacial score (nSPS) is 21.6. The summed E-state index contributed by atoms with van der Waals surface area (Å²) < 4.78 is 47.4. The number of halogens is 1. The summed E-state index contributed by atoms with van der Waals surface area (Å²) in [4.78, 5) is 12.2. The van der Waals surface area contributed by atoms with Gasteiger partial charge in [0.25, 0.3) is 5.91 Å². The number of aliphatic hydroxyl groups is 1. The van der Waals surface area contributed by atoms with E-state index in [4.69, 9.17) is 4.74 Å². The molecule has 0 aromatic heterocycles. The van der Waals surface area contributed by atoms with Crippen LogP contribution in [0.1, 0.15) is 35.2 Å². The molecule has 0 bridgehead atoms. The lowest BCUT2D eigenvalue weighted by atomic mass is 9.98. The molecule has 2 aromatic rings. The Morgan fingerprint density at radius 2 is 1.87 bits per heavy atom. The molecule has 0 aliphatic carbocycles. The second kappa shape index (κ2) is 10.3. The fraction of sp³-hybridized carbons (Fsp3) is 0.409. The van der Waals surface area contributed by atoms with Crippen LogP contribution in [-0.2, 0) is 14.8 Å². The van der Waals surface area contributed by atoms with Crippen LogP contribution in [0.2, 0.25) is 0 Å². The van der Waals surface area contributed by atoms with Crippen molar-refractivity contribution in [2.45, 2.75) is 49.3 Å². The molecule has 1 saturated heterocycles. The number of benzene rings is 2. The Morgan fingerprint density at radius 1 is 1.16 bits per heavy atom. The van der Waals surface area contributed by atoms with Crippen molar-refractivity contribution in [3.05, 3.63) is 65.5 Å². The topological polar surface area (TPSA) is 105 Å². The van der Waals surface area contributed by atoms with Gasteiger partial charge < -0.3 is 15.2 Å². The van der Waals surface area contributed by atoms with E-state index in [0.717, 1.165) is 5.56 Å². The number of hydrogen-bond donors (Lipinski definition) is 3. The summed E-state index contributed by atoms with van der Waals surface area (Å²) in [6.07, 6.45) is 0.572. The maximum Gasteiger partial charge on any atom is 0.254 e. The lowest BCUT2D eigenvalue weighted by Crippen LogP contribution is -2.51. The molecule has 31 heavy (non-hydrogen) atoms. The summed E-state index contributed by atoms with van der Waals surface area (Å²) in [5, 5.41) is 12.4. The number of aliphatic hydroxyl groups excluding tert-OH is 1. The molecule has 3 rings (SSSR count). The van der Waals surface area contributed by atoms with E-state index in [1.54, 1.807) is 18.2 Å². The fourth-order valence-electron chi connectivity index (χ4n) is 3.55. The zero-order chi connectivity index (χ0) is 22.4. The number of carbonyl (C=O) groups excluding carboxylic acids is 1. The first kappa shape index (κ1) is 23.3. The summed E-state index contributed by atoms with van der Waals surface area (Å²) in [6.45, 7) is 1.81. The first-order chi connectivity index (χ1) is 14.8. The number of rotatable bonds is 8. The Hall–Kier alpha value is -2.33. The van der Waals surface area contributed by atoms with Crippen LogP contribution in [0.15, 0.2) is 53.4 Å². The summed E-state index contributed by atoms with van der Waals surface area (Å²) in [6, 6.07) is 11.7. The van der Waals surface area contributed by atoms with E-state index in [2.05, 4.69) is 10.0 Å². The molecule has 3 atom stereocenters. The summed E-state index contributed by atoms with van der Waals surface area (Å²) >= 11 is 0. The molecule has 0 saturated carbocycles. The van der Waals surface area contributed by atoms with Gasteiger partial charge >= 0.3 is 0 Å². The van der Waals surface area contributed by atoms with Gasteiger partial charge in [0.2, 0.25) is 10.0 Å². The SMILES string of the molecule is Cc1ccc(S(=O)(=O)N[C@H]2CC[C@H](CCNC(=O)c3ccccc3F)O[C@H]2CO)cc1. The number of aryl methyl sites for hydroxylation is 1. The van der Waals surface area contributed by atoms with E-state index < -0.39 is 33.9 Å². The third-order valence-corrected chi connectivity index (χ3v) is 6.81. The Labute approximate surface area is 181 Å². The number of nitrogens with one attached hydrogen (secondary N) is 2. The first-order valence-electron chi connectivity index (χ1n) is 10.2. The van der Waals surface area contributed by atoms with Crippen molar-refractivity contribution < 1.29 is 27.4 Å². The molecule has 1 amide bonds. The minimum Gasteiger partial charge on any atom is -0.394 e. The van der Waals surface area contributed by atoms with Crippen LogP contribution in [0.25, 0.3) is 0 Å². The van der Waals surface area contributed by atoms with Crippen LogP contribution >= 0.6 is 0 Å². The van der Waals surface area contributed by atoms with Gasteiger partial charge in [-0.15, -0.1) is 0 Å². The Bertz CT molecular complexity index is 997. The van der Waals surface area contributed by atoms with Gasteiger partial charge in [0.15, 0.2) is 0 Å². The molecule has 1 fully saturated rings. The molecule has 0 radical (unpaired) electrons. The van der Waals surface area contributed by atoms with Gasteiger partial charge in [-0.05, 0) is 50.5 Å².